The maximum Gasteiger partial charge on any atom is 0.198 e. The maximum absolute atomic E-state index is 11.7. The molecule has 0 atom stereocenters. The minimum absolute atomic E-state index is 0.0247. The Labute approximate surface area is 112 Å². The number of benzene rings is 1. The van der Waals surface area contributed by atoms with Crippen molar-refractivity contribution in [3.05, 3.63) is 56.7 Å². The molecular weight excluding hydrogens is 300 g/mol. The highest BCUT2D eigenvalue weighted by molar-refractivity contribution is 9.11. The Morgan fingerprint density at radius 1 is 1.18 bits per heavy atom. The number of halogens is 1. The molecule has 1 heterocycles. The average Bonchev–Trinajstić information content (AvgIpc) is 2.77. The number of rotatable bonds is 5. The van der Waals surface area contributed by atoms with Crippen LogP contribution in [0.1, 0.15) is 15.2 Å². The second kappa shape index (κ2) is 6.10. The zero-order chi connectivity index (χ0) is 12.1. The highest BCUT2D eigenvalue weighted by atomic mass is 79.9. The minimum Gasteiger partial charge on any atom is -0.369 e. The van der Waals surface area contributed by atoms with Crippen LogP contribution in [0.25, 0.3) is 0 Å². The first-order chi connectivity index (χ1) is 8.25. The molecule has 0 aliphatic heterocycles. The van der Waals surface area contributed by atoms with Crippen molar-refractivity contribution in [3.63, 3.8) is 0 Å². The summed E-state index contributed by atoms with van der Waals surface area (Å²) in [6.45, 7) is 0.598. The van der Waals surface area contributed by atoms with E-state index in [1.165, 1.54) is 11.3 Å². The van der Waals surface area contributed by atoms with E-state index in [0.717, 1.165) is 14.2 Å². The predicted molar refractivity (Wildman–Crippen MR) is 72.4 cm³/mol. The van der Waals surface area contributed by atoms with Gasteiger partial charge in [0.25, 0.3) is 0 Å². The summed E-state index contributed by atoms with van der Waals surface area (Å²) in [6.07, 6.45) is 0. The number of carbonyl (C=O) groups is 1. The monoisotopic (exact) mass is 310 g/mol. The van der Waals surface area contributed by atoms with Gasteiger partial charge in [-0.05, 0) is 33.6 Å². The third-order valence-corrected chi connectivity index (χ3v) is 3.86. The first kappa shape index (κ1) is 12.5. The average molecular weight is 311 g/mol. The molecule has 88 valence electrons. The van der Waals surface area contributed by atoms with Gasteiger partial charge in [0.1, 0.15) is 6.61 Å². The number of ether oxygens (including phenoxy) is 1. The van der Waals surface area contributed by atoms with Crippen molar-refractivity contribution >= 4 is 33.0 Å². The van der Waals surface area contributed by atoms with E-state index in [9.17, 15) is 4.79 Å². The number of Topliss-reactive ketones (excluding diaryl/α,β-unsaturated/α-hetero) is 1. The summed E-state index contributed by atoms with van der Waals surface area (Å²) in [5.41, 5.74) is 1.08. The molecule has 2 rings (SSSR count). The molecule has 0 aliphatic carbocycles. The van der Waals surface area contributed by atoms with Crippen LogP contribution in [0.4, 0.5) is 0 Å². The van der Waals surface area contributed by atoms with E-state index in [4.69, 9.17) is 4.74 Å². The van der Waals surface area contributed by atoms with E-state index in [-0.39, 0.29) is 12.4 Å². The van der Waals surface area contributed by atoms with Crippen LogP contribution in [0.15, 0.2) is 46.3 Å². The number of hydrogen-bond acceptors (Lipinski definition) is 3. The third kappa shape index (κ3) is 3.77. The highest BCUT2D eigenvalue weighted by Gasteiger charge is 2.08. The zero-order valence-corrected chi connectivity index (χ0v) is 11.5. The Morgan fingerprint density at radius 2 is 1.94 bits per heavy atom. The molecule has 0 amide bonds. The summed E-state index contributed by atoms with van der Waals surface area (Å²) in [6, 6.07) is 13.5. The summed E-state index contributed by atoms with van der Waals surface area (Å²) in [7, 11) is 0. The molecule has 0 spiro atoms. The van der Waals surface area contributed by atoms with Crippen molar-refractivity contribution in [2.45, 2.75) is 6.61 Å². The third-order valence-electron chi connectivity index (χ3n) is 2.19. The fourth-order valence-corrected chi connectivity index (χ4v) is 2.68. The lowest BCUT2D eigenvalue weighted by molar-refractivity contribution is 0.0730. The fourth-order valence-electron chi connectivity index (χ4n) is 1.37. The fraction of sp³-hybridized carbons (Fsp3) is 0.154. The van der Waals surface area contributed by atoms with E-state index in [0.29, 0.717) is 6.61 Å². The van der Waals surface area contributed by atoms with Crippen LogP contribution in [0.5, 0.6) is 0 Å². The van der Waals surface area contributed by atoms with Crippen LogP contribution >= 0.6 is 27.3 Å². The summed E-state index contributed by atoms with van der Waals surface area (Å²) in [5.74, 6) is 0.0247. The van der Waals surface area contributed by atoms with Crippen molar-refractivity contribution in [1.82, 2.24) is 0 Å². The molecule has 1 aromatic heterocycles. The molecule has 0 bridgehead atoms. The topological polar surface area (TPSA) is 26.3 Å². The van der Waals surface area contributed by atoms with Crippen LogP contribution < -0.4 is 0 Å². The minimum atomic E-state index is 0.0247. The molecule has 1 aromatic carbocycles. The van der Waals surface area contributed by atoms with E-state index >= 15 is 0 Å². The van der Waals surface area contributed by atoms with Crippen molar-refractivity contribution in [2.24, 2.45) is 0 Å². The molecule has 17 heavy (non-hydrogen) atoms. The second-order valence-corrected chi connectivity index (χ2v) is 5.97. The number of carbonyl (C=O) groups excluding carboxylic acids is 1. The van der Waals surface area contributed by atoms with E-state index in [1.807, 2.05) is 42.5 Å². The normalized spacial score (nSPS) is 10.4. The van der Waals surface area contributed by atoms with Crippen LogP contribution in [0.3, 0.4) is 0 Å². The molecule has 2 aromatic rings. The van der Waals surface area contributed by atoms with Gasteiger partial charge >= 0.3 is 0 Å². The Hall–Kier alpha value is -0.970. The standard InChI is InChI=1S/C13H11BrO2S/c14-13-7-6-12(17-13)11(15)9-16-8-10-4-2-1-3-5-10/h1-7H,8-9H2. The number of thiophene rings is 1. The summed E-state index contributed by atoms with van der Waals surface area (Å²) < 4.78 is 6.35. The van der Waals surface area contributed by atoms with Crippen LogP contribution in [0.2, 0.25) is 0 Å². The van der Waals surface area contributed by atoms with Crippen molar-refractivity contribution in [3.8, 4) is 0 Å². The molecule has 0 aliphatic rings. The van der Waals surface area contributed by atoms with Gasteiger partial charge in [0.05, 0.1) is 15.3 Å². The molecular formula is C13H11BrO2S. The molecule has 0 N–H and O–H groups in total. The van der Waals surface area contributed by atoms with Crippen LogP contribution in [0, 0.1) is 0 Å². The summed E-state index contributed by atoms with van der Waals surface area (Å²) >= 11 is 4.76. The lowest BCUT2D eigenvalue weighted by Crippen LogP contribution is -2.07. The maximum atomic E-state index is 11.7. The van der Waals surface area contributed by atoms with Gasteiger partial charge in [-0.15, -0.1) is 11.3 Å². The van der Waals surface area contributed by atoms with Crippen LogP contribution in [-0.2, 0) is 11.3 Å². The number of hydrogen-bond donors (Lipinski definition) is 0. The second-order valence-electron chi connectivity index (χ2n) is 3.51. The summed E-state index contributed by atoms with van der Waals surface area (Å²) in [5, 5.41) is 0. The van der Waals surface area contributed by atoms with Crippen LogP contribution in [-0.4, -0.2) is 12.4 Å². The van der Waals surface area contributed by atoms with E-state index in [2.05, 4.69) is 15.9 Å². The van der Waals surface area contributed by atoms with Gasteiger partial charge in [-0.3, -0.25) is 4.79 Å². The van der Waals surface area contributed by atoms with Gasteiger partial charge in [0.2, 0.25) is 0 Å². The van der Waals surface area contributed by atoms with Gasteiger partial charge in [-0.25, -0.2) is 0 Å². The molecule has 4 heteroatoms. The van der Waals surface area contributed by atoms with Gasteiger partial charge in [-0.2, -0.15) is 0 Å². The lowest BCUT2D eigenvalue weighted by Gasteiger charge is -2.02. The SMILES string of the molecule is O=C(COCc1ccccc1)c1ccc(Br)s1. The molecule has 0 saturated carbocycles. The first-order valence-electron chi connectivity index (χ1n) is 5.16. The molecule has 0 saturated heterocycles. The van der Waals surface area contributed by atoms with E-state index < -0.39 is 0 Å². The number of ketones is 1. The first-order valence-corrected chi connectivity index (χ1v) is 6.77. The Balaban J connectivity index is 1.81. The quantitative estimate of drug-likeness (QED) is 0.783. The van der Waals surface area contributed by atoms with E-state index in [1.54, 1.807) is 0 Å². The van der Waals surface area contributed by atoms with Gasteiger partial charge in [-0.1, -0.05) is 30.3 Å². The van der Waals surface area contributed by atoms with Crippen molar-refractivity contribution in [1.29, 1.82) is 0 Å². The van der Waals surface area contributed by atoms with Crippen molar-refractivity contribution in [2.75, 3.05) is 6.61 Å². The lowest BCUT2D eigenvalue weighted by atomic mass is 10.2. The molecule has 2 nitrogen and oxygen atoms in total. The molecule has 0 radical (unpaired) electrons. The highest BCUT2D eigenvalue weighted by Crippen LogP contribution is 2.22. The van der Waals surface area contributed by atoms with Gasteiger partial charge in [0, 0.05) is 0 Å². The van der Waals surface area contributed by atoms with Gasteiger partial charge < -0.3 is 4.74 Å². The Kier molecular flexibility index (Phi) is 4.48. The molecule has 0 fully saturated rings. The summed E-state index contributed by atoms with van der Waals surface area (Å²) in [4.78, 5) is 12.4. The molecule has 0 unspecified atom stereocenters. The Bertz CT molecular complexity index is 493. The zero-order valence-electron chi connectivity index (χ0n) is 9.06. The smallest absolute Gasteiger partial charge is 0.198 e. The Morgan fingerprint density at radius 3 is 2.59 bits per heavy atom. The van der Waals surface area contributed by atoms with Crippen molar-refractivity contribution < 1.29 is 9.53 Å². The predicted octanol–water partition coefficient (Wildman–Crippen LogP) is 3.91. The largest absolute Gasteiger partial charge is 0.369 e. The van der Waals surface area contributed by atoms with Gasteiger partial charge in [0.15, 0.2) is 5.78 Å².